The molecule has 0 spiro atoms. The van der Waals surface area contributed by atoms with E-state index in [4.69, 9.17) is 13.9 Å². The van der Waals surface area contributed by atoms with Crippen LogP contribution in [0.1, 0.15) is 65.0 Å². The Bertz CT molecular complexity index is 800. The van der Waals surface area contributed by atoms with Gasteiger partial charge in [0, 0.05) is 23.3 Å². The van der Waals surface area contributed by atoms with E-state index in [1.165, 1.54) is 19.5 Å². The largest absolute Gasteiger partial charge is 0.472 e. The number of aliphatic hydroxyl groups is 2. The van der Waals surface area contributed by atoms with E-state index in [1.54, 1.807) is 13.0 Å². The lowest BCUT2D eigenvalue weighted by Gasteiger charge is -2.66. The van der Waals surface area contributed by atoms with Gasteiger partial charge >= 0.3 is 11.9 Å². The van der Waals surface area contributed by atoms with Gasteiger partial charge in [-0.1, -0.05) is 13.8 Å². The van der Waals surface area contributed by atoms with Crippen molar-refractivity contribution >= 4 is 11.9 Å². The van der Waals surface area contributed by atoms with Crippen molar-refractivity contribution in [1.82, 2.24) is 0 Å². The molecule has 0 radical (unpaired) electrons. The van der Waals surface area contributed by atoms with Crippen LogP contribution in [0.5, 0.6) is 0 Å². The monoisotopic (exact) mass is 406 g/mol. The van der Waals surface area contributed by atoms with Gasteiger partial charge in [0.15, 0.2) is 6.10 Å². The van der Waals surface area contributed by atoms with Crippen LogP contribution in [0.25, 0.3) is 0 Å². The zero-order valence-corrected chi connectivity index (χ0v) is 17.4. The van der Waals surface area contributed by atoms with Crippen molar-refractivity contribution in [3.8, 4) is 0 Å². The van der Waals surface area contributed by atoms with E-state index >= 15 is 0 Å². The molecule has 2 aliphatic carbocycles. The van der Waals surface area contributed by atoms with E-state index in [-0.39, 0.29) is 11.9 Å². The molecule has 2 N–H and O–H groups in total. The first kappa shape index (κ1) is 20.4. The maximum absolute atomic E-state index is 13.1. The summed E-state index contributed by atoms with van der Waals surface area (Å²) in [4.78, 5) is 25.1. The van der Waals surface area contributed by atoms with E-state index in [1.807, 2.05) is 13.8 Å². The fourth-order valence-electron chi connectivity index (χ4n) is 6.49. The number of ether oxygens (including phenoxy) is 2. The summed E-state index contributed by atoms with van der Waals surface area (Å²) >= 11 is 0. The highest BCUT2D eigenvalue weighted by atomic mass is 16.6. The van der Waals surface area contributed by atoms with E-state index in [0.717, 1.165) is 0 Å². The van der Waals surface area contributed by atoms with Crippen LogP contribution in [0.4, 0.5) is 0 Å². The number of carbonyl (C=O) groups excluding carboxylic acids is 2. The lowest BCUT2D eigenvalue weighted by atomic mass is 9.41. The predicted octanol–water partition coefficient (Wildman–Crippen LogP) is 2.75. The summed E-state index contributed by atoms with van der Waals surface area (Å²) in [6.45, 7) is 7.00. The quantitative estimate of drug-likeness (QED) is 0.728. The molecule has 4 rings (SSSR count). The van der Waals surface area contributed by atoms with Gasteiger partial charge < -0.3 is 24.1 Å². The molecule has 3 aliphatic rings. The van der Waals surface area contributed by atoms with Crippen molar-refractivity contribution in [3.63, 3.8) is 0 Å². The van der Waals surface area contributed by atoms with Gasteiger partial charge in [-0.25, -0.2) is 0 Å². The third kappa shape index (κ3) is 2.70. The Morgan fingerprint density at radius 1 is 1.24 bits per heavy atom. The summed E-state index contributed by atoms with van der Waals surface area (Å²) in [5.74, 6) is -1.34. The first-order chi connectivity index (χ1) is 13.5. The topological polar surface area (TPSA) is 106 Å². The summed E-state index contributed by atoms with van der Waals surface area (Å²) in [5.41, 5.74) is -2.05. The highest BCUT2D eigenvalue weighted by molar-refractivity contribution is 5.76. The number of rotatable bonds is 2. The minimum atomic E-state index is -1.31. The Labute approximate surface area is 170 Å². The number of esters is 2. The Morgan fingerprint density at radius 2 is 1.97 bits per heavy atom. The number of cyclic esters (lactones) is 1. The molecular weight excluding hydrogens is 376 g/mol. The van der Waals surface area contributed by atoms with Crippen LogP contribution in [-0.2, 0) is 19.1 Å². The van der Waals surface area contributed by atoms with Crippen molar-refractivity contribution in [3.05, 3.63) is 24.2 Å². The predicted molar refractivity (Wildman–Crippen MR) is 101 cm³/mol. The smallest absolute Gasteiger partial charge is 0.310 e. The molecule has 1 saturated heterocycles. The summed E-state index contributed by atoms with van der Waals surface area (Å²) in [7, 11) is 0. The Hall–Kier alpha value is -1.86. The van der Waals surface area contributed by atoms with Crippen LogP contribution in [0, 0.1) is 22.7 Å². The van der Waals surface area contributed by atoms with Gasteiger partial charge in [0.05, 0.1) is 30.1 Å². The second kappa shape index (κ2) is 6.57. The van der Waals surface area contributed by atoms with E-state index in [0.29, 0.717) is 31.2 Å². The summed E-state index contributed by atoms with van der Waals surface area (Å²) in [5, 5.41) is 21.8. The van der Waals surface area contributed by atoms with Crippen molar-refractivity contribution in [1.29, 1.82) is 0 Å². The molecule has 1 aromatic heterocycles. The van der Waals surface area contributed by atoms with Gasteiger partial charge in [-0.3, -0.25) is 9.59 Å². The molecule has 0 amide bonds. The van der Waals surface area contributed by atoms with Crippen molar-refractivity contribution in [2.24, 2.45) is 22.7 Å². The van der Waals surface area contributed by atoms with Gasteiger partial charge in [0.2, 0.25) is 0 Å². The average Bonchev–Trinajstić information content (AvgIpc) is 3.16. The van der Waals surface area contributed by atoms with Gasteiger partial charge in [-0.15, -0.1) is 0 Å². The molecule has 7 heteroatoms. The highest BCUT2D eigenvalue weighted by Crippen LogP contribution is 2.67. The Morgan fingerprint density at radius 3 is 2.59 bits per heavy atom. The minimum Gasteiger partial charge on any atom is -0.472 e. The molecule has 1 aliphatic heterocycles. The third-order valence-corrected chi connectivity index (χ3v) is 8.34. The first-order valence-corrected chi connectivity index (χ1v) is 10.3. The van der Waals surface area contributed by atoms with E-state index < -0.39 is 46.6 Å². The standard InChI is InChI=1S/C22H30O7/c1-12(23)28-18-17(13-8-10-27-11-13)29-19(25)14-7-9-20(2)15(21(14,18)3)5-6-16(24)22(20,4)26/h8,10-11,14-18,24,26H,5-7,9H2,1-4H3/t14-,15-,16+,17+,18+,20+,21-,22-/m0/s1. The Kier molecular flexibility index (Phi) is 4.63. The third-order valence-electron chi connectivity index (χ3n) is 8.34. The maximum atomic E-state index is 13.1. The molecule has 0 aromatic carbocycles. The van der Waals surface area contributed by atoms with E-state index in [9.17, 15) is 19.8 Å². The fraction of sp³-hybridized carbons (Fsp3) is 0.727. The molecule has 0 bridgehead atoms. The highest BCUT2D eigenvalue weighted by Gasteiger charge is 2.70. The van der Waals surface area contributed by atoms with Gasteiger partial charge in [0.25, 0.3) is 0 Å². The number of aliphatic hydroxyl groups excluding tert-OH is 1. The lowest BCUT2D eigenvalue weighted by molar-refractivity contribution is -0.278. The lowest BCUT2D eigenvalue weighted by Crippen LogP contribution is -2.70. The van der Waals surface area contributed by atoms with Crippen LogP contribution < -0.4 is 0 Å². The molecule has 0 unspecified atom stereocenters. The normalized spacial score (nSPS) is 47.0. The molecule has 2 saturated carbocycles. The van der Waals surface area contributed by atoms with Crippen LogP contribution >= 0.6 is 0 Å². The first-order valence-electron chi connectivity index (χ1n) is 10.3. The molecule has 2 heterocycles. The second-order valence-electron chi connectivity index (χ2n) is 9.61. The van der Waals surface area contributed by atoms with Gasteiger partial charge in [-0.05, 0) is 44.6 Å². The molecule has 160 valence electrons. The number of carbonyl (C=O) groups is 2. The Balaban J connectivity index is 1.85. The van der Waals surface area contributed by atoms with Gasteiger partial charge in [-0.2, -0.15) is 0 Å². The van der Waals surface area contributed by atoms with Crippen LogP contribution in [-0.4, -0.2) is 40.0 Å². The minimum absolute atomic E-state index is 0.140. The summed E-state index contributed by atoms with van der Waals surface area (Å²) in [6.07, 6.45) is 2.81. The molecule has 7 nitrogen and oxygen atoms in total. The second-order valence-corrected chi connectivity index (χ2v) is 9.61. The summed E-state index contributed by atoms with van der Waals surface area (Å²) in [6, 6.07) is 1.71. The van der Waals surface area contributed by atoms with Crippen LogP contribution in [0.15, 0.2) is 23.0 Å². The average molecular weight is 406 g/mol. The van der Waals surface area contributed by atoms with Crippen LogP contribution in [0.3, 0.4) is 0 Å². The fourth-order valence-corrected chi connectivity index (χ4v) is 6.49. The molecule has 1 aromatic rings. The van der Waals surface area contributed by atoms with Crippen LogP contribution in [0.2, 0.25) is 0 Å². The molecule has 3 fully saturated rings. The van der Waals surface area contributed by atoms with Crippen molar-refractivity contribution in [2.75, 3.05) is 0 Å². The zero-order chi connectivity index (χ0) is 21.2. The number of furan rings is 1. The SMILES string of the molecule is CC(=O)O[C@@H]1[C@@H](c2ccoc2)OC(=O)[C@@H]2CC[C@]3(C)[C@H](CC[C@@H](O)[C@]3(C)O)[C@@]12C. The van der Waals surface area contributed by atoms with Crippen molar-refractivity contribution < 1.29 is 33.7 Å². The van der Waals surface area contributed by atoms with Gasteiger partial charge in [0.1, 0.15) is 6.10 Å². The number of hydrogen-bond donors (Lipinski definition) is 2. The molecule has 8 atom stereocenters. The molecule has 29 heavy (non-hydrogen) atoms. The summed E-state index contributed by atoms with van der Waals surface area (Å²) < 4.78 is 16.8. The van der Waals surface area contributed by atoms with Crippen molar-refractivity contribution in [2.45, 2.75) is 77.3 Å². The number of hydrogen-bond acceptors (Lipinski definition) is 7. The van der Waals surface area contributed by atoms with E-state index in [2.05, 4.69) is 0 Å². The maximum Gasteiger partial charge on any atom is 0.310 e. The molecular formula is C22H30O7. The number of fused-ring (bicyclic) bond motifs is 3. The zero-order valence-electron chi connectivity index (χ0n) is 17.4.